The molecule has 0 atom stereocenters. The molecule has 0 aromatic heterocycles. The van der Waals surface area contributed by atoms with Crippen molar-refractivity contribution in [2.24, 2.45) is 5.92 Å². The van der Waals surface area contributed by atoms with Gasteiger partial charge in [-0.15, -0.1) is 0 Å². The molecule has 1 aliphatic heterocycles. The molecule has 1 saturated heterocycles. The van der Waals surface area contributed by atoms with Gasteiger partial charge in [0.1, 0.15) is 0 Å². The van der Waals surface area contributed by atoms with Gasteiger partial charge in [0, 0.05) is 25.7 Å². The SMILES string of the molecule is CS(=O)(=O)N1CCC(CNC(=O)C(=O)NC2CCCCC2)CC1. The number of amides is 2. The van der Waals surface area contributed by atoms with Crippen molar-refractivity contribution in [1.82, 2.24) is 14.9 Å². The van der Waals surface area contributed by atoms with Crippen molar-refractivity contribution >= 4 is 21.8 Å². The van der Waals surface area contributed by atoms with E-state index in [4.69, 9.17) is 0 Å². The van der Waals surface area contributed by atoms with Gasteiger partial charge >= 0.3 is 11.8 Å². The lowest BCUT2D eigenvalue weighted by molar-refractivity contribution is -0.139. The molecular formula is C15H27N3O4S. The average molecular weight is 345 g/mol. The molecule has 2 fully saturated rings. The first-order valence-corrected chi connectivity index (χ1v) is 10.2. The Morgan fingerprint density at radius 3 is 2.17 bits per heavy atom. The Hall–Kier alpha value is -1.15. The van der Waals surface area contributed by atoms with Gasteiger partial charge in [-0.25, -0.2) is 12.7 Å². The third-order valence-corrected chi connectivity index (χ3v) is 6.04. The molecule has 1 saturated carbocycles. The summed E-state index contributed by atoms with van der Waals surface area (Å²) in [5, 5.41) is 5.47. The maximum Gasteiger partial charge on any atom is 0.309 e. The highest BCUT2D eigenvalue weighted by Crippen LogP contribution is 2.19. The van der Waals surface area contributed by atoms with Gasteiger partial charge < -0.3 is 10.6 Å². The molecule has 0 unspecified atom stereocenters. The first-order valence-electron chi connectivity index (χ1n) is 8.40. The second-order valence-electron chi connectivity index (χ2n) is 6.62. The van der Waals surface area contributed by atoms with Crippen molar-refractivity contribution in [3.63, 3.8) is 0 Å². The van der Waals surface area contributed by atoms with Crippen LogP contribution in [-0.4, -0.2) is 56.5 Å². The summed E-state index contributed by atoms with van der Waals surface area (Å²) in [7, 11) is -3.13. The second kappa shape index (κ2) is 8.10. The van der Waals surface area contributed by atoms with Gasteiger partial charge in [-0.05, 0) is 31.6 Å². The summed E-state index contributed by atoms with van der Waals surface area (Å²) in [6.45, 7) is 1.38. The molecule has 0 radical (unpaired) electrons. The van der Waals surface area contributed by atoms with Crippen LogP contribution in [0, 0.1) is 5.92 Å². The molecule has 0 bridgehead atoms. The standard InChI is InChI=1S/C15H27N3O4S/c1-23(21,22)18-9-7-12(8-10-18)11-16-14(19)15(20)17-13-5-3-2-4-6-13/h12-13H,2-11H2,1H3,(H,16,19)(H,17,20). The van der Waals surface area contributed by atoms with Crippen LogP contribution in [0.3, 0.4) is 0 Å². The van der Waals surface area contributed by atoms with Gasteiger partial charge in [0.05, 0.1) is 6.26 Å². The van der Waals surface area contributed by atoms with E-state index in [-0.39, 0.29) is 12.0 Å². The number of hydrogen-bond donors (Lipinski definition) is 2. The predicted octanol–water partition coefficient (Wildman–Crippen LogP) is 0.223. The van der Waals surface area contributed by atoms with E-state index >= 15 is 0 Å². The molecule has 1 heterocycles. The largest absolute Gasteiger partial charge is 0.348 e. The molecule has 1 aliphatic carbocycles. The minimum absolute atomic E-state index is 0.125. The highest BCUT2D eigenvalue weighted by molar-refractivity contribution is 7.88. The van der Waals surface area contributed by atoms with Crippen LogP contribution in [0.15, 0.2) is 0 Å². The first-order chi connectivity index (χ1) is 10.9. The number of carbonyl (C=O) groups excluding carboxylic acids is 2. The van der Waals surface area contributed by atoms with Gasteiger partial charge in [-0.1, -0.05) is 19.3 Å². The maximum atomic E-state index is 11.9. The zero-order valence-electron chi connectivity index (χ0n) is 13.7. The van der Waals surface area contributed by atoms with Crippen molar-refractivity contribution in [3.8, 4) is 0 Å². The fraction of sp³-hybridized carbons (Fsp3) is 0.867. The number of rotatable bonds is 4. The van der Waals surface area contributed by atoms with Gasteiger partial charge in [0.15, 0.2) is 0 Å². The van der Waals surface area contributed by atoms with Gasteiger partial charge in [-0.2, -0.15) is 0 Å². The average Bonchev–Trinajstić information content (AvgIpc) is 2.53. The predicted molar refractivity (Wildman–Crippen MR) is 87.2 cm³/mol. The normalized spacial score (nSPS) is 21.8. The van der Waals surface area contributed by atoms with Crippen LogP contribution in [0.2, 0.25) is 0 Å². The van der Waals surface area contributed by atoms with E-state index in [1.54, 1.807) is 0 Å². The molecule has 2 aliphatic rings. The Kier molecular flexibility index (Phi) is 6.41. The highest BCUT2D eigenvalue weighted by Gasteiger charge is 2.26. The highest BCUT2D eigenvalue weighted by atomic mass is 32.2. The second-order valence-corrected chi connectivity index (χ2v) is 8.61. The Labute approximate surface area is 138 Å². The van der Waals surface area contributed by atoms with Crippen LogP contribution in [0.1, 0.15) is 44.9 Å². The molecule has 2 N–H and O–H groups in total. The summed E-state index contributed by atoms with van der Waals surface area (Å²) in [5.41, 5.74) is 0. The molecule has 23 heavy (non-hydrogen) atoms. The first kappa shape index (κ1) is 18.2. The van der Waals surface area contributed by atoms with Crippen LogP contribution in [0.25, 0.3) is 0 Å². The van der Waals surface area contributed by atoms with Crippen molar-refractivity contribution < 1.29 is 18.0 Å². The van der Waals surface area contributed by atoms with E-state index in [0.29, 0.717) is 32.5 Å². The number of piperidine rings is 1. The number of carbonyl (C=O) groups is 2. The van der Waals surface area contributed by atoms with Gasteiger partial charge in [-0.3, -0.25) is 9.59 Å². The van der Waals surface area contributed by atoms with Crippen LogP contribution >= 0.6 is 0 Å². The molecule has 2 amide bonds. The molecule has 0 aromatic rings. The number of nitrogens with one attached hydrogen (secondary N) is 2. The van der Waals surface area contributed by atoms with Gasteiger partial charge in [0.25, 0.3) is 0 Å². The lowest BCUT2D eigenvalue weighted by atomic mass is 9.95. The minimum atomic E-state index is -3.13. The summed E-state index contributed by atoms with van der Waals surface area (Å²) in [6, 6.07) is 0.125. The van der Waals surface area contributed by atoms with E-state index in [9.17, 15) is 18.0 Å². The van der Waals surface area contributed by atoms with Crippen molar-refractivity contribution in [1.29, 1.82) is 0 Å². The third-order valence-electron chi connectivity index (χ3n) is 4.74. The lowest BCUT2D eigenvalue weighted by Gasteiger charge is -2.30. The summed E-state index contributed by atoms with van der Waals surface area (Å²) < 4.78 is 24.3. The topological polar surface area (TPSA) is 95.6 Å². The molecule has 0 spiro atoms. The van der Waals surface area contributed by atoms with Crippen LogP contribution in [-0.2, 0) is 19.6 Å². The van der Waals surface area contributed by atoms with Crippen molar-refractivity contribution in [2.75, 3.05) is 25.9 Å². The van der Waals surface area contributed by atoms with Crippen LogP contribution in [0.5, 0.6) is 0 Å². The number of sulfonamides is 1. The summed E-state index contributed by atoms with van der Waals surface area (Å²) in [5.74, 6) is -0.911. The van der Waals surface area contributed by atoms with Gasteiger partial charge in [0.2, 0.25) is 10.0 Å². The van der Waals surface area contributed by atoms with E-state index in [0.717, 1.165) is 25.7 Å². The zero-order chi connectivity index (χ0) is 16.9. The number of nitrogens with zero attached hydrogens (tertiary/aromatic N) is 1. The molecular weight excluding hydrogens is 318 g/mol. The lowest BCUT2D eigenvalue weighted by Crippen LogP contribution is -2.47. The zero-order valence-corrected chi connectivity index (χ0v) is 14.5. The fourth-order valence-electron chi connectivity index (χ4n) is 3.26. The molecule has 8 heteroatoms. The molecule has 2 rings (SSSR count). The van der Waals surface area contributed by atoms with Crippen molar-refractivity contribution in [3.05, 3.63) is 0 Å². The fourth-order valence-corrected chi connectivity index (χ4v) is 4.13. The van der Waals surface area contributed by atoms with Crippen LogP contribution in [0.4, 0.5) is 0 Å². The summed E-state index contributed by atoms with van der Waals surface area (Å²) in [4.78, 5) is 23.7. The molecule has 7 nitrogen and oxygen atoms in total. The smallest absolute Gasteiger partial charge is 0.309 e. The third kappa shape index (κ3) is 5.76. The monoisotopic (exact) mass is 345 g/mol. The Morgan fingerprint density at radius 2 is 1.61 bits per heavy atom. The Morgan fingerprint density at radius 1 is 1.00 bits per heavy atom. The van der Waals surface area contributed by atoms with Crippen LogP contribution < -0.4 is 10.6 Å². The molecule has 132 valence electrons. The molecule has 0 aromatic carbocycles. The van der Waals surface area contributed by atoms with E-state index in [1.807, 2.05) is 0 Å². The van der Waals surface area contributed by atoms with Crippen molar-refractivity contribution in [2.45, 2.75) is 51.0 Å². The Bertz CT molecular complexity index is 521. The van der Waals surface area contributed by atoms with E-state index in [1.165, 1.54) is 17.0 Å². The van der Waals surface area contributed by atoms with E-state index in [2.05, 4.69) is 10.6 Å². The minimum Gasteiger partial charge on any atom is -0.348 e. The number of hydrogen-bond acceptors (Lipinski definition) is 4. The summed E-state index contributed by atoms with van der Waals surface area (Å²) >= 11 is 0. The summed E-state index contributed by atoms with van der Waals surface area (Å²) in [6.07, 6.45) is 7.92. The quantitative estimate of drug-likeness (QED) is 0.713. The van der Waals surface area contributed by atoms with E-state index < -0.39 is 21.8 Å². The Balaban J connectivity index is 1.67. The maximum absolute atomic E-state index is 11.9.